The van der Waals surface area contributed by atoms with E-state index in [4.69, 9.17) is 9.84 Å². The smallest absolute Gasteiger partial charge is 0.356 e. The minimum atomic E-state index is -1.08. The van der Waals surface area contributed by atoms with Crippen LogP contribution >= 0.6 is 11.8 Å². The summed E-state index contributed by atoms with van der Waals surface area (Å²) in [5.41, 5.74) is -0.0616. The van der Waals surface area contributed by atoms with Crippen molar-refractivity contribution in [2.75, 3.05) is 7.11 Å². The average Bonchev–Trinajstić information content (AvgIpc) is 2.40. The van der Waals surface area contributed by atoms with E-state index in [0.29, 0.717) is 5.03 Å². The Hall–Kier alpha value is -2.08. The van der Waals surface area contributed by atoms with Gasteiger partial charge in [-0.05, 0) is 24.3 Å². The van der Waals surface area contributed by atoms with Gasteiger partial charge in [0, 0.05) is 4.90 Å². The fourth-order valence-electron chi connectivity index (χ4n) is 1.26. The lowest BCUT2D eigenvalue weighted by atomic mass is 10.3. The molecule has 6 heteroatoms. The van der Waals surface area contributed by atoms with Crippen LogP contribution in [0.3, 0.4) is 0 Å². The molecule has 18 heavy (non-hydrogen) atoms. The van der Waals surface area contributed by atoms with Crippen molar-refractivity contribution in [2.24, 2.45) is 0 Å². The van der Waals surface area contributed by atoms with Crippen molar-refractivity contribution in [3.8, 4) is 5.75 Å². The topological polar surface area (TPSA) is 72.3 Å². The second-order valence-corrected chi connectivity index (χ2v) is 4.42. The van der Waals surface area contributed by atoms with E-state index in [-0.39, 0.29) is 5.69 Å². The zero-order chi connectivity index (χ0) is 13.0. The average molecular weight is 262 g/mol. The molecular formula is C12H10N2O3S. The SMILES string of the molecule is COc1ccc(Sc2cncc(C(=O)O)n2)cc1. The van der Waals surface area contributed by atoms with E-state index in [1.807, 2.05) is 24.3 Å². The molecule has 0 bridgehead atoms. The molecular weight excluding hydrogens is 252 g/mol. The Kier molecular flexibility index (Phi) is 3.78. The second-order valence-electron chi connectivity index (χ2n) is 3.33. The van der Waals surface area contributed by atoms with Gasteiger partial charge in [0.1, 0.15) is 10.8 Å². The second kappa shape index (κ2) is 5.50. The van der Waals surface area contributed by atoms with Crippen molar-refractivity contribution in [1.82, 2.24) is 9.97 Å². The zero-order valence-electron chi connectivity index (χ0n) is 9.53. The molecule has 0 amide bonds. The fraction of sp³-hybridized carbons (Fsp3) is 0.0833. The number of aromatic carboxylic acids is 1. The van der Waals surface area contributed by atoms with Crippen molar-refractivity contribution in [2.45, 2.75) is 9.92 Å². The Bertz CT molecular complexity index is 558. The number of nitrogens with zero attached hydrogens (tertiary/aromatic N) is 2. The van der Waals surface area contributed by atoms with Gasteiger partial charge in [-0.25, -0.2) is 9.78 Å². The van der Waals surface area contributed by atoms with E-state index < -0.39 is 5.97 Å². The van der Waals surface area contributed by atoms with E-state index in [1.54, 1.807) is 7.11 Å². The molecule has 0 saturated carbocycles. The molecule has 1 heterocycles. The maximum Gasteiger partial charge on any atom is 0.356 e. The molecule has 0 aliphatic carbocycles. The van der Waals surface area contributed by atoms with Gasteiger partial charge >= 0.3 is 5.97 Å². The predicted molar refractivity (Wildman–Crippen MR) is 66.1 cm³/mol. The third kappa shape index (κ3) is 2.98. The van der Waals surface area contributed by atoms with Crippen LogP contribution < -0.4 is 4.74 Å². The summed E-state index contributed by atoms with van der Waals surface area (Å²) in [7, 11) is 1.60. The molecule has 0 spiro atoms. The molecule has 0 saturated heterocycles. The lowest BCUT2D eigenvalue weighted by molar-refractivity contribution is 0.0689. The van der Waals surface area contributed by atoms with Gasteiger partial charge in [-0.15, -0.1) is 0 Å². The van der Waals surface area contributed by atoms with Crippen LogP contribution in [0, 0.1) is 0 Å². The van der Waals surface area contributed by atoms with Crippen LogP contribution in [0.1, 0.15) is 10.5 Å². The Morgan fingerprint density at radius 3 is 2.61 bits per heavy atom. The Balaban J connectivity index is 2.17. The highest BCUT2D eigenvalue weighted by Gasteiger charge is 2.07. The van der Waals surface area contributed by atoms with Crippen LogP contribution in [0.2, 0.25) is 0 Å². The first-order valence-corrected chi connectivity index (χ1v) is 5.88. The first-order valence-electron chi connectivity index (χ1n) is 5.06. The van der Waals surface area contributed by atoms with Crippen molar-refractivity contribution < 1.29 is 14.6 Å². The minimum absolute atomic E-state index is 0.0616. The van der Waals surface area contributed by atoms with Crippen LogP contribution in [-0.2, 0) is 0 Å². The van der Waals surface area contributed by atoms with E-state index in [2.05, 4.69) is 9.97 Å². The van der Waals surface area contributed by atoms with Crippen LogP contribution in [0.5, 0.6) is 5.75 Å². The molecule has 0 fully saturated rings. The van der Waals surface area contributed by atoms with Gasteiger partial charge in [0.2, 0.25) is 0 Å². The number of benzene rings is 1. The third-order valence-electron chi connectivity index (χ3n) is 2.11. The van der Waals surface area contributed by atoms with Crippen LogP contribution in [0.4, 0.5) is 0 Å². The standard InChI is InChI=1S/C12H10N2O3S/c1-17-8-2-4-9(5-3-8)18-11-7-13-6-10(14-11)12(15)16/h2-7H,1H3,(H,15,16). The summed E-state index contributed by atoms with van der Waals surface area (Å²) in [4.78, 5) is 19.5. The Morgan fingerprint density at radius 1 is 1.28 bits per heavy atom. The first-order chi connectivity index (χ1) is 8.69. The molecule has 0 aliphatic rings. The van der Waals surface area contributed by atoms with Gasteiger partial charge in [0.25, 0.3) is 0 Å². The van der Waals surface area contributed by atoms with Gasteiger partial charge < -0.3 is 9.84 Å². The highest BCUT2D eigenvalue weighted by atomic mass is 32.2. The molecule has 0 radical (unpaired) electrons. The van der Waals surface area contributed by atoms with Crippen molar-refractivity contribution in [3.63, 3.8) is 0 Å². The highest BCUT2D eigenvalue weighted by Crippen LogP contribution is 2.27. The Labute approximate surface area is 108 Å². The summed E-state index contributed by atoms with van der Waals surface area (Å²) >= 11 is 1.35. The third-order valence-corrected chi connectivity index (χ3v) is 3.03. The van der Waals surface area contributed by atoms with Gasteiger partial charge in [-0.3, -0.25) is 4.98 Å². The number of carbonyl (C=O) groups is 1. The maximum atomic E-state index is 10.8. The van der Waals surface area contributed by atoms with Gasteiger partial charge in [0.15, 0.2) is 5.69 Å². The van der Waals surface area contributed by atoms with E-state index in [1.165, 1.54) is 24.2 Å². The van der Waals surface area contributed by atoms with Gasteiger partial charge in [-0.2, -0.15) is 0 Å². The summed E-state index contributed by atoms with van der Waals surface area (Å²) in [6.07, 6.45) is 2.75. The number of rotatable bonds is 4. The lowest BCUT2D eigenvalue weighted by Crippen LogP contribution is -2.01. The zero-order valence-corrected chi connectivity index (χ0v) is 10.3. The normalized spacial score (nSPS) is 10.1. The molecule has 0 atom stereocenters. The number of carboxylic acid groups (broad SMARTS) is 1. The number of carboxylic acids is 1. The van der Waals surface area contributed by atoms with E-state index in [9.17, 15) is 4.79 Å². The van der Waals surface area contributed by atoms with E-state index in [0.717, 1.165) is 10.6 Å². The number of hydrogen-bond acceptors (Lipinski definition) is 5. The molecule has 5 nitrogen and oxygen atoms in total. The number of hydrogen-bond donors (Lipinski definition) is 1. The van der Waals surface area contributed by atoms with E-state index >= 15 is 0 Å². The molecule has 2 rings (SSSR count). The fourth-order valence-corrected chi connectivity index (χ4v) is 2.04. The summed E-state index contributed by atoms with van der Waals surface area (Å²) in [6.45, 7) is 0. The van der Waals surface area contributed by atoms with Gasteiger partial charge in [-0.1, -0.05) is 11.8 Å². The molecule has 0 unspecified atom stereocenters. The lowest BCUT2D eigenvalue weighted by Gasteiger charge is -2.03. The number of ether oxygens (including phenoxy) is 1. The molecule has 0 aliphatic heterocycles. The number of methoxy groups -OCH3 is 1. The molecule has 1 aromatic carbocycles. The molecule has 2 aromatic rings. The Morgan fingerprint density at radius 2 is 2.00 bits per heavy atom. The van der Waals surface area contributed by atoms with Crippen LogP contribution in [0.15, 0.2) is 46.6 Å². The van der Waals surface area contributed by atoms with Crippen molar-refractivity contribution >= 4 is 17.7 Å². The quantitative estimate of drug-likeness (QED) is 0.911. The monoisotopic (exact) mass is 262 g/mol. The first kappa shape index (κ1) is 12.4. The maximum absolute atomic E-state index is 10.8. The largest absolute Gasteiger partial charge is 0.497 e. The summed E-state index contributed by atoms with van der Waals surface area (Å²) < 4.78 is 5.06. The molecule has 1 aromatic heterocycles. The van der Waals surface area contributed by atoms with Crippen LogP contribution in [0.25, 0.3) is 0 Å². The van der Waals surface area contributed by atoms with Crippen molar-refractivity contribution in [3.05, 3.63) is 42.4 Å². The summed E-state index contributed by atoms with van der Waals surface area (Å²) in [5.74, 6) is -0.315. The molecule has 92 valence electrons. The summed E-state index contributed by atoms with van der Waals surface area (Å²) in [5, 5.41) is 9.36. The number of aromatic nitrogens is 2. The molecule has 1 N–H and O–H groups in total. The predicted octanol–water partition coefficient (Wildman–Crippen LogP) is 2.33. The highest BCUT2D eigenvalue weighted by molar-refractivity contribution is 7.99. The summed E-state index contributed by atoms with van der Waals surface area (Å²) in [6, 6.07) is 7.41. The van der Waals surface area contributed by atoms with Crippen LogP contribution in [-0.4, -0.2) is 28.2 Å². The van der Waals surface area contributed by atoms with Gasteiger partial charge in [0.05, 0.1) is 19.5 Å². The van der Waals surface area contributed by atoms with Crippen molar-refractivity contribution in [1.29, 1.82) is 0 Å². The minimum Gasteiger partial charge on any atom is -0.497 e.